The Morgan fingerprint density at radius 3 is 2.26 bits per heavy atom. The van der Waals surface area contributed by atoms with Gasteiger partial charge in [0, 0.05) is 36.9 Å². The molecule has 0 aliphatic rings. The molecule has 0 N–H and O–H groups in total. The van der Waals surface area contributed by atoms with Crippen molar-refractivity contribution in [1.82, 2.24) is 9.47 Å². The van der Waals surface area contributed by atoms with Gasteiger partial charge in [-0.15, -0.1) is 0 Å². The maximum Gasteiger partial charge on any atom is 0.417 e. The zero-order valence-electron chi connectivity index (χ0n) is 20.7. The molecule has 10 heteroatoms. The van der Waals surface area contributed by atoms with Crippen LogP contribution < -0.4 is 5.56 Å². The Balaban J connectivity index is 2.18. The molecule has 1 amide bonds. The van der Waals surface area contributed by atoms with Crippen molar-refractivity contribution in [3.05, 3.63) is 117 Å². The maximum atomic E-state index is 14.6. The van der Waals surface area contributed by atoms with E-state index in [1.165, 1.54) is 31.1 Å². The van der Waals surface area contributed by atoms with Gasteiger partial charge >= 0.3 is 6.18 Å². The summed E-state index contributed by atoms with van der Waals surface area (Å²) >= 11 is 0. The van der Waals surface area contributed by atoms with Crippen LogP contribution in [0.15, 0.2) is 77.6 Å². The van der Waals surface area contributed by atoms with Crippen molar-refractivity contribution < 1.29 is 26.7 Å². The number of benzene rings is 3. The first-order chi connectivity index (χ1) is 18.4. The fourth-order valence-electron chi connectivity index (χ4n) is 4.27. The van der Waals surface area contributed by atoms with Crippen LogP contribution in [0.4, 0.5) is 22.0 Å². The van der Waals surface area contributed by atoms with Crippen molar-refractivity contribution in [2.75, 3.05) is 14.1 Å². The first-order valence-electron chi connectivity index (χ1n) is 11.5. The molecule has 4 aromatic rings. The third-order valence-corrected chi connectivity index (χ3v) is 6.10. The molecule has 5 nitrogen and oxygen atoms in total. The number of hydrogen-bond acceptors (Lipinski definition) is 3. The van der Waals surface area contributed by atoms with Gasteiger partial charge in [0.25, 0.3) is 11.5 Å². The fourth-order valence-corrected chi connectivity index (χ4v) is 4.27. The number of amides is 1. The highest BCUT2D eigenvalue weighted by Crippen LogP contribution is 2.39. The van der Waals surface area contributed by atoms with E-state index in [2.05, 4.69) is 0 Å². The molecule has 0 atom stereocenters. The van der Waals surface area contributed by atoms with Crippen LogP contribution in [0.5, 0.6) is 0 Å². The minimum Gasteiger partial charge on any atom is -0.345 e. The van der Waals surface area contributed by atoms with Gasteiger partial charge < -0.3 is 9.47 Å². The molecule has 0 saturated heterocycles. The molecule has 1 aromatic heterocycles. The quantitative estimate of drug-likeness (QED) is 0.289. The Bertz CT molecular complexity index is 1670. The van der Waals surface area contributed by atoms with Gasteiger partial charge in [-0.3, -0.25) is 9.59 Å². The lowest BCUT2D eigenvalue weighted by atomic mass is 9.91. The number of hydrogen-bond donors (Lipinski definition) is 0. The van der Waals surface area contributed by atoms with E-state index in [-0.39, 0.29) is 22.4 Å². The number of alkyl halides is 3. The minimum atomic E-state index is -5.09. The molecule has 39 heavy (non-hydrogen) atoms. The second-order valence-corrected chi connectivity index (χ2v) is 8.85. The van der Waals surface area contributed by atoms with Crippen LogP contribution >= 0.6 is 0 Å². The zero-order valence-corrected chi connectivity index (χ0v) is 20.7. The summed E-state index contributed by atoms with van der Waals surface area (Å²) in [6.07, 6.45) is -5.09. The van der Waals surface area contributed by atoms with Crippen molar-refractivity contribution in [2.45, 2.75) is 12.7 Å². The zero-order chi connectivity index (χ0) is 28.5. The number of halogens is 5. The standard InChI is InChI=1S/C29H20F5N3O2/c1-36(2)27(38)21-10-6-9-20(17-7-4-3-5-8-17)26(21)25-14-23(29(32,33)34)22(15-35)28(39)37(25)16-18-11-12-19(30)13-24(18)31/h3-14H,16H2,1-2H3. The number of nitrogens with zero attached hydrogens (tertiary/aromatic N) is 3. The largest absolute Gasteiger partial charge is 0.417 e. The average Bonchev–Trinajstić information content (AvgIpc) is 2.89. The molecule has 3 aromatic carbocycles. The van der Waals surface area contributed by atoms with Crippen LogP contribution in [0, 0.1) is 23.0 Å². The SMILES string of the molecule is CN(C)C(=O)c1cccc(-c2ccccc2)c1-c1cc(C(F)(F)F)c(C#N)c(=O)n1Cc1ccc(F)cc1F. The summed E-state index contributed by atoms with van der Waals surface area (Å²) in [4.78, 5) is 27.9. The van der Waals surface area contributed by atoms with Gasteiger partial charge in [-0.25, -0.2) is 8.78 Å². The molecule has 0 unspecified atom stereocenters. The van der Waals surface area contributed by atoms with E-state index in [0.717, 1.165) is 16.7 Å². The Morgan fingerprint density at radius 2 is 1.67 bits per heavy atom. The van der Waals surface area contributed by atoms with Crippen molar-refractivity contribution >= 4 is 5.91 Å². The van der Waals surface area contributed by atoms with Gasteiger partial charge in [-0.1, -0.05) is 48.5 Å². The van der Waals surface area contributed by atoms with Crippen molar-refractivity contribution in [3.63, 3.8) is 0 Å². The summed E-state index contributed by atoms with van der Waals surface area (Å²) in [5, 5.41) is 9.51. The monoisotopic (exact) mass is 537 g/mol. The lowest BCUT2D eigenvalue weighted by Gasteiger charge is -2.23. The Morgan fingerprint density at radius 1 is 0.974 bits per heavy atom. The second kappa shape index (κ2) is 10.5. The topological polar surface area (TPSA) is 66.1 Å². The van der Waals surface area contributed by atoms with E-state index in [1.54, 1.807) is 42.5 Å². The van der Waals surface area contributed by atoms with Crippen LogP contribution in [-0.2, 0) is 12.7 Å². The number of nitriles is 1. The molecule has 0 bridgehead atoms. The lowest BCUT2D eigenvalue weighted by molar-refractivity contribution is -0.137. The molecule has 4 rings (SSSR count). The highest BCUT2D eigenvalue weighted by molar-refractivity contribution is 6.04. The first kappa shape index (κ1) is 27.3. The molecule has 0 aliphatic heterocycles. The molecule has 1 heterocycles. The molecule has 0 fully saturated rings. The van der Waals surface area contributed by atoms with Crippen LogP contribution in [0.2, 0.25) is 0 Å². The summed E-state index contributed by atoms with van der Waals surface area (Å²) in [7, 11) is 2.92. The van der Waals surface area contributed by atoms with Crippen LogP contribution in [-0.4, -0.2) is 29.5 Å². The first-order valence-corrected chi connectivity index (χ1v) is 11.5. The summed E-state index contributed by atoms with van der Waals surface area (Å²) < 4.78 is 71.3. The van der Waals surface area contributed by atoms with Crippen molar-refractivity contribution in [2.24, 2.45) is 0 Å². The van der Waals surface area contributed by atoms with E-state index in [9.17, 15) is 36.8 Å². The van der Waals surface area contributed by atoms with Gasteiger partial charge in [0.05, 0.1) is 17.8 Å². The average molecular weight is 537 g/mol. The van der Waals surface area contributed by atoms with Gasteiger partial charge in [0.2, 0.25) is 0 Å². The molecule has 0 saturated carbocycles. The molecule has 0 radical (unpaired) electrons. The normalized spacial score (nSPS) is 11.2. The molecule has 198 valence electrons. The maximum absolute atomic E-state index is 14.6. The Kier molecular flexibility index (Phi) is 7.36. The highest BCUT2D eigenvalue weighted by Gasteiger charge is 2.37. The summed E-state index contributed by atoms with van der Waals surface area (Å²) in [5.74, 6) is -2.48. The summed E-state index contributed by atoms with van der Waals surface area (Å²) in [5.41, 5.74) is -3.76. The van der Waals surface area contributed by atoms with E-state index in [1.807, 2.05) is 0 Å². The van der Waals surface area contributed by atoms with Crippen LogP contribution in [0.3, 0.4) is 0 Å². The number of carbonyl (C=O) groups excluding carboxylic acids is 1. The molecule has 0 aliphatic carbocycles. The van der Waals surface area contributed by atoms with Crippen molar-refractivity contribution in [3.8, 4) is 28.5 Å². The van der Waals surface area contributed by atoms with Gasteiger partial charge in [0.15, 0.2) is 0 Å². The van der Waals surface area contributed by atoms with E-state index in [0.29, 0.717) is 23.3 Å². The smallest absolute Gasteiger partial charge is 0.345 e. The van der Waals surface area contributed by atoms with Gasteiger partial charge in [-0.2, -0.15) is 18.4 Å². The van der Waals surface area contributed by atoms with Gasteiger partial charge in [-0.05, 0) is 29.3 Å². The predicted octanol–water partition coefficient (Wildman–Crippen LogP) is 6.10. The number of rotatable bonds is 5. The molecular formula is C29H20F5N3O2. The predicted molar refractivity (Wildman–Crippen MR) is 135 cm³/mol. The van der Waals surface area contributed by atoms with Crippen molar-refractivity contribution in [1.29, 1.82) is 5.26 Å². The highest BCUT2D eigenvalue weighted by atomic mass is 19.4. The van der Waals surface area contributed by atoms with Crippen LogP contribution in [0.1, 0.15) is 27.0 Å². The number of aromatic nitrogens is 1. The Labute approximate surface area is 220 Å². The number of carbonyl (C=O) groups is 1. The molecule has 0 spiro atoms. The van der Waals surface area contributed by atoms with E-state index >= 15 is 0 Å². The minimum absolute atomic E-state index is 0.0167. The van der Waals surface area contributed by atoms with Crippen LogP contribution in [0.25, 0.3) is 22.4 Å². The third-order valence-electron chi connectivity index (χ3n) is 6.10. The summed E-state index contributed by atoms with van der Waals surface area (Å²) in [6.45, 7) is -0.633. The lowest BCUT2D eigenvalue weighted by Crippen LogP contribution is -2.30. The summed E-state index contributed by atoms with van der Waals surface area (Å²) in [6, 6.07) is 17.5. The van der Waals surface area contributed by atoms with Gasteiger partial charge in [0.1, 0.15) is 23.3 Å². The third kappa shape index (κ3) is 5.29. The number of pyridine rings is 1. The fraction of sp³-hybridized carbons (Fsp3) is 0.138. The van der Waals surface area contributed by atoms with E-state index in [4.69, 9.17) is 0 Å². The second-order valence-electron chi connectivity index (χ2n) is 8.85. The Hall–Kier alpha value is -4.78. The van der Waals surface area contributed by atoms with E-state index < -0.39 is 46.9 Å². The molecular weight excluding hydrogens is 517 g/mol.